The van der Waals surface area contributed by atoms with E-state index in [-0.39, 0.29) is 5.11 Å². The number of nitrogens with two attached hydrogens (primary N) is 1. The number of nitrogens with one attached hydrogen (secondary N) is 1. The van der Waals surface area contributed by atoms with E-state index in [1.54, 1.807) is 6.21 Å². The lowest BCUT2D eigenvalue weighted by atomic mass is 10.1. The van der Waals surface area contributed by atoms with E-state index >= 15 is 0 Å². The highest BCUT2D eigenvalue weighted by Gasteiger charge is 2.23. The quantitative estimate of drug-likeness (QED) is 0.463. The normalized spacial score (nSPS) is 15.9. The van der Waals surface area contributed by atoms with Gasteiger partial charge in [-0.15, -0.1) is 0 Å². The number of hydrazone groups is 1. The Morgan fingerprint density at radius 1 is 1.21 bits per heavy atom. The molecule has 144 valence electrons. The summed E-state index contributed by atoms with van der Waals surface area (Å²) in [4.78, 5) is 4.77. The van der Waals surface area contributed by atoms with E-state index in [0.29, 0.717) is 11.6 Å². The first-order chi connectivity index (χ1) is 13.6. The van der Waals surface area contributed by atoms with Crippen molar-refractivity contribution in [1.82, 2.24) is 10.3 Å². The SMILES string of the molecule is CC(c1ccccc1)N1CCN(c2ccc(C=NNC(N)=S)cc2C#N)CC1. The Hall–Kier alpha value is -2.95. The number of piperazine rings is 1. The molecule has 6 nitrogen and oxygen atoms in total. The molecule has 2 aromatic carbocycles. The number of nitriles is 1. The minimum Gasteiger partial charge on any atom is -0.375 e. The van der Waals surface area contributed by atoms with Crippen molar-refractivity contribution in [3.05, 3.63) is 65.2 Å². The molecule has 1 atom stereocenters. The summed E-state index contributed by atoms with van der Waals surface area (Å²) < 4.78 is 0. The molecule has 0 radical (unpaired) electrons. The van der Waals surface area contributed by atoms with Gasteiger partial charge in [0.25, 0.3) is 0 Å². The van der Waals surface area contributed by atoms with Crippen LogP contribution in [0.3, 0.4) is 0 Å². The predicted octanol–water partition coefficient (Wildman–Crippen LogP) is 2.61. The van der Waals surface area contributed by atoms with Gasteiger partial charge in [-0.2, -0.15) is 10.4 Å². The Morgan fingerprint density at radius 3 is 2.57 bits per heavy atom. The zero-order valence-electron chi connectivity index (χ0n) is 15.9. The van der Waals surface area contributed by atoms with E-state index in [1.165, 1.54) is 5.56 Å². The van der Waals surface area contributed by atoms with Gasteiger partial charge >= 0.3 is 0 Å². The monoisotopic (exact) mass is 392 g/mol. The number of nitrogens with zero attached hydrogens (tertiary/aromatic N) is 4. The molecule has 7 heteroatoms. The Kier molecular flexibility index (Phi) is 6.58. The molecule has 0 aromatic heterocycles. The second-order valence-electron chi connectivity index (χ2n) is 6.73. The molecular weight excluding hydrogens is 368 g/mol. The number of hydrogen-bond donors (Lipinski definition) is 2. The van der Waals surface area contributed by atoms with Crippen molar-refractivity contribution in [2.45, 2.75) is 13.0 Å². The third kappa shape index (κ3) is 4.85. The average Bonchev–Trinajstić information content (AvgIpc) is 2.73. The van der Waals surface area contributed by atoms with Crippen molar-refractivity contribution in [2.75, 3.05) is 31.1 Å². The Morgan fingerprint density at radius 2 is 1.93 bits per heavy atom. The first-order valence-electron chi connectivity index (χ1n) is 9.25. The minimum atomic E-state index is 0.107. The lowest BCUT2D eigenvalue weighted by Crippen LogP contribution is -2.47. The summed E-state index contributed by atoms with van der Waals surface area (Å²) in [5, 5.41) is 13.6. The minimum absolute atomic E-state index is 0.107. The molecule has 3 rings (SSSR count). The highest BCUT2D eigenvalue weighted by atomic mass is 32.1. The van der Waals surface area contributed by atoms with Crippen LogP contribution in [0.2, 0.25) is 0 Å². The van der Waals surface area contributed by atoms with Crippen molar-refractivity contribution in [1.29, 1.82) is 5.26 Å². The smallest absolute Gasteiger partial charge is 0.184 e. The predicted molar refractivity (Wildman–Crippen MR) is 117 cm³/mol. The first-order valence-corrected chi connectivity index (χ1v) is 9.66. The molecule has 0 saturated carbocycles. The largest absolute Gasteiger partial charge is 0.375 e. The van der Waals surface area contributed by atoms with E-state index in [2.05, 4.69) is 57.6 Å². The number of anilines is 1. The molecule has 0 aliphatic carbocycles. The Balaban J connectivity index is 1.66. The zero-order valence-corrected chi connectivity index (χ0v) is 16.7. The fourth-order valence-electron chi connectivity index (χ4n) is 3.46. The highest BCUT2D eigenvalue weighted by molar-refractivity contribution is 7.80. The van der Waals surface area contributed by atoms with Crippen LogP contribution in [0.25, 0.3) is 0 Å². The highest BCUT2D eigenvalue weighted by Crippen LogP contribution is 2.26. The van der Waals surface area contributed by atoms with Gasteiger partial charge in [0.2, 0.25) is 0 Å². The van der Waals surface area contributed by atoms with E-state index < -0.39 is 0 Å². The van der Waals surface area contributed by atoms with Gasteiger partial charge in [-0.05, 0) is 42.4 Å². The number of rotatable bonds is 5. The third-order valence-electron chi connectivity index (χ3n) is 5.01. The molecule has 1 aliphatic rings. The number of benzene rings is 2. The fraction of sp³-hybridized carbons (Fsp3) is 0.286. The fourth-order valence-corrected chi connectivity index (χ4v) is 3.51. The summed E-state index contributed by atoms with van der Waals surface area (Å²) in [7, 11) is 0. The van der Waals surface area contributed by atoms with Gasteiger partial charge in [0.15, 0.2) is 5.11 Å². The van der Waals surface area contributed by atoms with Crippen LogP contribution in [0.1, 0.15) is 29.7 Å². The summed E-state index contributed by atoms with van der Waals surface area (Å²) in [5.74, 6) is 0. The maximum atomic E-state index is 9.59. The summed E-state index contributed by atoms with van der Waals surface area (Å²) in [6, 6.07) is 19.0. The van der Waals surface area contributed by atoms with Crippen LogP contribution in [0.15, 0.2) is 53.6 Å². The average molecular weight is 393 g/mol. The molecule has 3 N–H and O–H groups in total. The molecular formula is C21H24N6S. The molecule has 0 bridgehead atoms. The van der Waals surface area contributed by atoms with Crippen molar-refractivity contribution in [3.8, 4) is 6.07 Å². The number of hydrogen-bond acceptors (Lipinski definition) is 5. The lowest BCUT2D eigenvalue weighted by Gasteiger charge is -2.39. The maximum Gasteiger partial charge on any atom is 0.184 e. The van der Waals surface area contributed by atoms with Gasteiger partial charge in [-0.25, -0.2) is 0 Å². The summed E-state index contributed by atoms with van der Waals surface area (Å²) in [5.41, 5.74) is 11.6. The van der Waals surface area contributed by atoms with Crippen LogP contribution in [0.5, 0.6) is 0 Å². The van der Waals surface area contributed by atoms with E-state index in [9.17, 15) is 5.26 Å². The molecule has 0 spiro atoms. The van der Waals surface area contributed by atoms with Crippen LogP contribution >= 0.6 is 12.2 Å². The Labute approximate surface area is 171 Å². The van der Waals surface area contributed by atoms with Crippen LogP contribution in [-0.2, 0) is 0 Å². The summed E-state index contributed by atoms with van der Waals surface area (Å²) in [6.45, 7) is 5.95. The van der Waals surface area contributed by atoms with Crippen LogP contribution in [-0.4, -0.2) is 42.4 Å². The van der Waals surface area contributed by atoms with Gasteiger partial charge in [0, 0.05) is 32.2 Å². The molecule has 1 aliphatic heterocycles. The molecule has 1 fully saturated rings. The first kappa shape index (κ1) is 19.8. The van der Waals surface area contributed by atoms with Gasteiger partial charge in [-0.3, -0.25) is 10.3 Å². The van der Waals surface area contributed by atoms with Crippen LogP contribution < -0.4 is 16.1 Å². The molecule has 2 aromatic rings. The summed E-state index contributed by atoms with van der Waals surface area (Å²) >= 11 is 4.71. The maximum absolute atomic E-state index is 9.59. The van der Waals surface area contributed by atoms with E-state index in [1.807, 2.05) is 24.3 Å². The second-order valence-corrected chi connectivity index (χ2v) is 7.17. The van der Waals surface area contributed by atoms with Crippen LogP contribution in [0.4, 0.5) is 5.69 Å². The molecule has 1 heterocycles. The van der Waals surface area contributed by atoms with Crippen molar-refractivity contribution >= 4 is 29.2 Å². The molecule has 1 unspecified atom stereocenters. The Bertz CT molecular complexity index is 882. The lowest BCUT2D eigenvalue weighted by molar-refractivity contribution is 0.198. The second kappa shape index (κ2) is 9.31. The topological polar surface area (TPSA) is 80.7 Å². The van der Waals surface area contributed by atoms with Gasteiger partial charge in [0.05, 0.1) is 17.5 Å². The van der Waals surface area contributed by atoms with Gasteiger partial charge in [0.1, 0.15) is 6.07 Å². The van der Waals surface area contributed by atoms with E-state index in [0.717, 1.165) is 37.4 Å². The van der Waals surface area contributed by atoms with Gasteiger partial charge < -0.3 is 10.6 Å². The molecule has 28 heavy (non-hydrogen) atoms. The van der Waals surface area contributed by atoms with Crippen molar-refractivity contribution in [3.63, 3.8) is 0 Å². The van der Waals surface area contributed by atoms with Gasteiger partial charge in [-0.1, -0.05) is 36.4 Å². The molecule has 1 saturated heterocycles. The van der Waals surface area contributed by atoms with Crippen molar-refractivity contribution < 1.29 is 0 Å². The van der Waals surface area contributed by atoms with Crippen molar-refractivity contribution in [2.24, 2.45) is 10.8 Å². The third-order valence-corrected chi connectivity index (χ3v) is 5.11. The molecule has 0 amide bonds. The standard InChI is InChI=1S/C21H24N6S/c1-16(18-5-3-2-4-6-18)26-9-11-27(12-10-26)20-8-7-17(13-19(20)14-22)15-24-25-21(23)28/h2-8,13,15-16H,9-12H2,1H3,(H3,23,25,28). The van der Waals surface area contributed by atoms with Crippen LogP contribution in [0, 0.1) is 11.3 Å². The number of thiocarbonyl (C=S) groups is 1. The summed E-state index contributed by atoms with van der Waals surface area (Å²) in [6.07, 6.45) is 1.60. The van der Waals surface area contributed by atoms with E-state index in [4.69, 9.17) is 18.0 Å². The zero-order chi connectivity index (χ0) is 19.9.